The number of carboxylic acid groups (broad SMARTS) is 1. The Kier molecular flexibility index (Phi) is 3.77. The molecule has 0 spiro atoms. The maximum atomic E-state index is 10.9. The number of halogens is 1. The van der Waals surface area contributed by atoms with Crippen molar-refractivity contribution in [2.24, 2.45) is 0 Å². The van der Waals surface area contributed by atoms with Gasteiger partial charge in [0.05, 0.1) is 9.13 Å². The molecular weight excluding hydrogens is 295 g/mol. The zero-order valence-corrected chi connectivity index (χ0v) is 9.32. The number of hydrogen-bond acceptors (Lipinski definition) is 2. The van der Waals surface area contributed by atoms with Crippen LogP contribution in [0.15, 0.2) is 18.2 Å². The van der Waals surface area contributed by atoms with E-state index in [0.29, 0.717) is 15.6 Å². The third-order valence-corrected chi connectivity index (χ3v) is 3.39. The Morgan fingerprint density at radius 3 is 2.79 bits per heavy atom. The highest BCUT2D eigenvalue weighted by Crippen LogP contribution is 2.21. The first-order valence-electron chi connectivity index (χ1n) is 3.76. The first kappa shape index (κ1) is 10.9. The Morgan fingerprint density at radius 1 is 1.57 bits per heavy atom. The summed E-state index contributed by atoms with van der Waals surface area (Å²) in [6.07, 6.45) is 5.44. The summed E-state index contributed by atoms with van der Waals surface area (Å²) in [5.41, 5.74) is 0.774. The van der Waals surface area contributed by atoms with E-state index in [4.69, 9.17) is 11.5 Å². The van der Waals surface area contributed by atoms with E-state index in [1.807, 2.05) is 0 Å². The summed E-state index contributed by atoms with van der Waals surface area (Å²) in [6.45, 7) is 0. The molecule has 4 heteroatoms. The predicted molar refractivity (Wildman–Crippen MR) is 59.3 cm³/mol. The molecule has 0 aliphatic carbocycles. The van der Waals surface area contributed by atoms with Gasteiger partial charge >= 0.3 is 5.97 Å². The lowest BCUT2D eigenvalue weighted by molar-refractivity contribution is 0.0695. The summed E-state index contributed by atoms with van der Waals surface area (Å²) >= 11 is -1.51. The van der Waals surface area contributed by atoms with E-state index < -0.39 is 27.2 Å². The van der Waals surface area contributed by atoms with Crippen LogP contribution in [0.4, 0.5) is 0 Å². The second-order valence-corrected chi connectivity index (χ2v) is 4.06. The number of terminal acetylenes is 1. The molecule has 0 saturated carbocycles. The average molecular weight is 302 g/mol. The number of carboxylic acids is 1. The van der Waals surface area contributed by atoms with E-state index in [1.54, 1.807) is 12.1 Å². The Hall–Kier alpha value is -1.22. The van der Waals surface area contributed by atoms with Crippen LogP contribution in [-0.2, 0) is 9.49 Å². The Bertz CT molecular complexity index is 418. The molecule has 0 unspecified atom stereocenters. The molecule has 72 valence electrons. The Balaban J connectivity index is 3.33. The molecule has 3 nitrogen and oxygen atoms in total. The molecule has 1 rings (SSSR count). The molecule has 0 atom stereocenters. The van der Waals surface area contributed by atoms with E-state index in [9.17, 15) is 7.86 Å². The molecule has 0 amide bonds. The van der Waals surface area contributed by atoms with E-state index in [1.165, 1.54) is 6.07 Å². The first-order valence-corrected chi connectivity index (χ1v) is 5.72. The van der Waals surface area contributed by atoms with Crippen molar-refractivity contribution in [2.45, 2.75) is 6.42 Å². The van der Waals surface area contributed by atoms with Gasteiger partial charge in [0.15, 0.2) is 21.2 Å². The van der Waals surface area contributed by atoms with Gasteiger partial charge in [0.2, 0.25) is 0 Å². The quantitative estimate of drug-likeness (QED) is 0.687. The molecule has 0 radical (unpaired) electrons. The first-order chi connectivity index (χ1) is 6.70. The number of benzene rings is 1. The van der Waals surface area contributed by atoms with Crippen LogP contribution in [0.5, 0.6) is 0 Å². The van der Waals surface area contributed by atoms with Gasteiger partial charge in [0.25, 0.3) is 0 Å². The van der Waals surface area contributed by atoms with E-state index >= 15 is 0 Å². The summed E-state index contributed by atoms with van der Waals surface area (Å²) in [5, 5.41) is 8.82. The zero-order chi connectivity index (χ0) is 10.6. The van der Waals surface area contributed by atoms with Crippen molar-refractivity contribution < 1.29 is 13.0 Å². The molecular formula is C10H7IO3. The van der Waals surface area contributed by atoms with Crippen LogP contribution in [-0.4, -0.2) is 11.1 Å². The van der Waals surface area contributed by atoms with Crippen LogP contribution in [0.3, 0.4) is 0 Å². The van der Waals surface area contributed by atoms with E-state index in [2.05, 4.69) is 5.92 Å². The minimum atomic E-state index is -1.51. The molecule has 0 saturated heterocycles. The van der Waals surface area contributed by atoms with Crippen LogP contribution in [0.2, 0.25) is 0 Å². The number of carbonyl (C=O) groups is 1. The molecule has 1 aromatic carbocycles. The molecule has 0 aliphatic rings. The van der Waals surface area contributed by atoms with Crippen LogP contribution >= 0.6 is 21.2 Å². The summed E-state index contributed by atoms with van der Waals surface area (Å²) < 4.78 is 11.3. The van der Waals surface area contributed by atoms with Crippen molar-refractivity contribution in [1.29, 1.82) is 0 Å². The van der Waals surface area contributed by atoms with Crippen LogP contribution < -0.4 is 0 Å². The minimum absolute atomic E-state index is 0.0977. The average Bonchev–Trinajstić information content (AvgIpc) is 2.18. The second kappa shape index (κ2) is 4.86. The molecule has 0 bridgehead atoms. The molecule has 0 aromatic heterocycles. The van der Waals surface area contributed by atoms with E-state index in [0.717, 1.165) is 0 Å². The Morgan fingerprint density at radius 2 is 2.29 bits per heavy atom. The van der Waals surface area contributed by atoms with Gasteiger partial charge in [0, 0.05) is 6.42 Å². The second-order valence-electron chi connectivity index (χ2n) is 2.54. The summed E-state index contributed by atoms with van der Waals surface area (Å²) in [5.74, 6) is 1.35. The maximum absolute atomic E-state index is 10.9. The number of rotatable bonds is 3. The minimum Gasteiger partial charge on any atom is -0.478 e. The highest BCUT2D eigenvalue weighted by atomic mass is 127. The van der Waals surface area contributed by atoms with Gasteiger partial charge in [-0.05, 0) is 11.6 Å². The van der Waals surface area contributed by atoms with Crippen molar-refractivity contribution in [3.63, 3.8) is 0 Å². The number of aromatic carboxylic acids is 1. The van der Waals surface area contributed by atoms with Crippen LogP contribution in [0.1, 0.15) is 15.9 Å². The lowest BCUT2D eigenvalue weighted by atomic mass is 10.1. The SMILES string of the molecule is C#CCc1cccc(C(=O)O)c1I=O. The van der Waals surface area contributed by atoms with Gasteiger partial charge in [-0.2, -0.15) is 0 Å². The largest absolute Gasteiger partial charge is 0.478 e. The van der Waals surface area contributed by atoms with Gasteiger partial charge in [-0.3, -0.25) is 3.07 Å². The fourth-order valence-electron chi connectivity index (χ4n) is 1.08. The zero-order valence-electron chi connectivity index (χ0n) is 7.16. The lowest BCUT2D eigenvalue weighted by Crippen LogP contribution is -2.02. The molecule has 1 N–H and O–H groups in total. The van der Waals surface area contributed by atoms with Gasteiger partial charge < -0.3 is 5.11 Å². The van der Waals surface area contributed by atoms with Crippen molar-refractivity contribution in [2.75, 3.05) is 0 Å². The predicted octanol–water partition coefficient (Wildman–Crippen LogP) is 2.05. The van der Waals surface area contributed by atoms with Crippen molar-refractivity contribution in [3.05, 3.63) is 32.9 Å². The van der Waals surface area contributed by atoms with Crippen LogP contribution in [0, 0.1) is 15.9 Å². The molecule has 0 heterocycles. The molecule has 0 aliphatic heterocycles. The van der Waals surface area contributed by atoms with Crippen molar-refractivity contribution >= 4 is 27.2 Å². The summed E-state index contributed by atoms with van der Waals surface area (Å²) in [4.78, 5) is 10.8. The third kappa shape index (κ3) is 2.17. The van der Waals surface area contributed by atoms with Crippen LogP contribution in [0.25, 0.3) is 0 Å². The summed E-state index contributed by atoms with van der Waals surface area (Å²) in [7, 11) is 0. The van der Waals surface area contributed by atoms with Gasteiger partial charge in [0.1, 0.15) is 0 Å². The maximum Gasteiger partial charge on any atom is 0.336 e. The van der Waals surface area contributed by atoms with E-state index in [-0.39, 0.29) is 5.56 Å². The third-order valence-electron chi connectivity index (χ3n) is 1.68. The molecule has 14 heavy (non-hydrogen) atoms. The van der Waals surface area contributed by atoms with Gasteiger partial charge in [-0.15, -0.1) is 12.3 Å². The van der Waals surface area contributed by atoms with Crippen molar-refractivity contribution in [3.8, 4) is 12.3 Å². The highest BCUT2D eigenvalue weighted by Gasteiger charge is 2.13. The number of hydrogen-bond donors (Lipinski definition) is 1. The normalized spacial score (nSPS) is 9.36. The fourth-order valence-corrected chi connectivity index (χ4v) is 2.38. The fraction of sp³-hybridized carbons (Fsp3) is 0.100. The summed E-state index contributed by atoms with van der Waals surface area (Å²) in [6, 6.07) is 4.76. The highest BCUT2D eigenvalue weighted by molar-refractivity contribution is 14.1. The smallest absolute Gasteiger partial charge is 0.336 e. The molecule has 1 aromatic rings. The standard InChI is InChI=1S/C10H7IO3/c1-2-4-7-5-3-6-8(10(12)13)9(7)11-14/h1,3,5-6H,4H2,(H,12,13). The van der Waals surface area contributed by atoms with Crippen molar-refractivity contribution in [1.82, 2.24) is 0 Å². The Labute approximate surface area is 91.8 Å². The lowest BCUT2D eigenvalue weighted by Gasteiger charge is -2.02. The topological polar surface area (TPSA) is 54.4 Å². The van der Waals surface area contributed by atoms with Gasteiger partial charge in [-0.1, -0.05) is 12.1 Å². The monoisotopic (exact) mass is 302 g/mol. The molecule has 0 fully saturated rings. The van der Waals surface area contributed by atoms with Gasteiger partial charge in [-0.25, -0.2) is 4.79 Å².